The predicted molar refractivity (Wildman–Crippen MR) is 101 cm³/mol. The molecule has 1 nitrogen and oxygen atoms in total. The Morgan fingerprint density at radius 3 is 1.83 bits per heavy atom. The van der Waals surface area contributed by atoms with Gasteiger partial charge >= 0.3 is 0 Å². The first-order chi connectivity index (χ1) is 11.9. The van der Waals surface area contributed by atoms with Crippen molar-refractivity contribution >= 4 is 0 Å². The molecule has 0 atom stereocenters. The van der Waals surface area contributed by atoms with Crippen molar-refractivity contribution in [3.8, 4) is 33.5 Å². The van der Waals surface area contributed by atoms with Gasteiger partial charge in [0.2, 0.25) is 0 Å². The Labute approximate surface area is 142 Å². The maximum atomic E-state index is 4.66. The third kappa shape index (κ3) is 2.84. The summed E-state index contributed by atoms with van der Waals surface area (Å²) in [4.78, 5) is 4.66. The summed E-state index contributed by atoms with van der Waals surface area (Å²) in [5, 5.41) is 0. The normalized spacial score (nSPS) is 10.5. The summed E-state index contributed by atoms with van der Waals surface area (Å²) in [5.74, 6) is 0. The van der Waals surface area contributed by atoms with Crippen LogP contribution in [-0.4, -0.2) is 4.98 Å². The van der Waals surface area contributed by atoms with Crippen LogP contribution in [0.4, 0.5) is 0 Å². The summed E-state index contributed by atoms with van der Waals surface area (Å²) >= 11 is 0. The zero-order chi connectivity index (χ0) is 16.2. The third-order valence-electron chi connectivity index (χ3n) is 4.14. The summed E-state index contributed by atoms with van der Waals surface area (Å²) in [6.45, 7) is 0. The first-order valence-corrected chi connectivity index (χ1v) is 8.08. The van der Waals surface area contributed by atoms with E-state index in [4.69, 9.17) is 0 Å². The molecule has 0 bridgehead atoms. The molecule has 0 unspecified atom stereocenters. The summed E-state index contributed by atoms with van der Waals surface area (Å²) in [5.41, 5.74) is 6.92. The van der Waals surface area contributed by atoms with Gasteiger partial charge in [-0.05, 0) is 28.8 Å². The van der Waals surface area contributed by atoms with Gasteiger partial charge in [-0.1, -0.05) is 84.9 Å². The summed E-state index contributed by atoms with van der Waals surface area (Å²) < 4.78 is 0. The van der Waals surface area contributed by atoms with Crippen molar-refractivity contribution in [2.24, 2.45) is 0 Å². The molecule has 0 aliphatic rings. The Morgan fingerprint density at radius 2 is 1.08 bits per heavy atom. The number of hydrogen-bond donors (Lipinski definition) is 0. The molecule has 24 heavy (non-hydrogen) atoms. The second-order valence-corrected chi connectivity index (χ2v) is 5.71. The van der Waals surface area contributed by atoms with Crippen LogP contribution in [-0.2, 0) is 0 Å². The van der Waals surface area contributed by atoms with Gasteiger partial charge in [-0.3, -0.25) is 4.98 Å². The fourth-order valence-corrected chi connectivity index (χ4v) is 2.96. The highest BCUT2D eigenvalue weighted by atomic mass is 14.7. The lowest BCUT2D eigenvalue weighted by atomic mass is 9.96. The highest BCUT2D eigenvalue weighted by Gasteiger charge is 2.09. The van der Waals surface area contributed by atoms with E-state index in [9.17, 15) is 0 Å². The maximum Gasteiger partial charge on any atom is 0.0780 e. The lowest BCUT2D eigenvalue weighted by Gasteiger charge is -2.10. The minimum Gasteiger partial charge on any atom is -0.256 e. The van der Waals surface area contributed by atoms with Crippen LogP contribution >= 0.6 is 0 Å². The Bertz CT molecular complexity index is 944. The van der Waals surface area contributed by atoms with Crippen molar-refractivity contribution in [2.75, 3.05) is 0 Å². The van der Waals surface area contributed by atoms with Crippen molar-refractivity contribution in [1.29, 1.82) is 0 Å². The topological polar surface area (TPSA) is 12.9 Å². The van der Waals surface area contributed by atoms with Gasteiger partial charge in [-0.25, -0.2) is 0 Å². The van der Waals surface area contributed by atoms with Crippen molar-refractivity contribution in [2.45, 2.75) is 0 Å². The van der Waals surface area contributed by atoms with E-state index >= 15 is 0 Å². The van der Waals surface area contributed by atoms with E-state index in [1.54, 1.807) is 0 Å². The number of benzene rings is 3. The van der Waals surface area contributed by atoms with Gasteiger partial charge in [0.05, 0.1) is 5.69 Å². The van der Waals surface area contributed by atoms with Gasteiger partial charge in [0.25, 0.3) is 0 Å². The Morgan fingerprint density at radius 1 is 0.458 bits per heavy atom. The van der Waals surface area contributed by atoms with Crippen LogP contribution in [0.2, 0.25) is 0 Å². The van der Waals surface area contributed by atoms with Gasteiger partial charge in [-0.15, -0.1) is 0 Å². The Kier molecular flexibility index (Phi) is 3.91. The van der Waals surface area contributed by atoms with Crippen LogP contribution < -0.4 is 0 Å². The molecule has 0 aliphatic carbocycles. The highest BCUT2D eigenvalue weighted by Crippen LogP contribution is 2.32. The molecule has 1 aromatic heterocycles. The molecule has 114 valence electrons. The zero-order valence-corrected chi connectivity index (χ0v) is 13.3. The molecule has 0 fully saturated rings. The molecule has 0 saturated heterocycles. The predicted octanol–water partition coefficient (Wildman–Crippen LogP) is 6.08. The summed E-state index contributed by atoms with van der Waals surface area (Å²) in [7, 11) is 0. The second-order valence-electron chi connectivity index (χ2n) is 5.71. The molecule has 0 spiro atoms. The average molecular weight is 307 g/mol. The van der Waals surface area contributed by atoms with Crippen LogP contribution in [0.3, 0.4) is 0 Å². The molecule has 0 saturated carbocycles. The summed E-state index contributed by atoms with van der Waals surface area (Å²) in [6.07, 6.45) is 1.86. The maximum absolute atomic E-state index is 4.66. The Balaban J connectivity index is 1.84. The molecular formula is C23H17N. The monoisotopic (exact) mass is 307 g/mol. The lowest BCUT2D eigenvalue weighted by Crippen LogP contribution is -1.89. The average Bonchev–Trinajstić information content (AvgIpc) is 2.69. The molecule has 4 aromatic rings. The van der Waals surface area contributed by atoms with Gasteiger partial charge in [-0.2, -0.15) is 0 Å². The molecule has 0 radical (unpaired) electrons. The SMILES string of the molecule is c1ccc(-c2cccc(-c3ncccc3-c3ccccc3)c2)cc1. The number of rotatable bonds is 3. The fraction of sp³-hybridized carbons (Fsp3) is 0. The third-order valence-corrected chi connectivity index (χ3v) is 4.14. The standard InChI is InChI=1S/C23H17N/c1-3-9-18(10-4-1)20-13-7-14-21(17-20)23-22(15-8-16-24-23)19-11-5-2-6-12-19/h1-17H. The van der Waals surface area contributed by atoms with E-state index < -0.39 is 0 Å². The quantitative estimate of drug-likeness (QED) is 0.447. The van der Waals surface area contributed by atoms with Crippen LogP contribution in [0.5, 0.6) is 0 Å². The Hall–Kier alpha value is -3.19. The molecule has 1 heteroatoms. The zero-order valence-electron chi connectivity index (χ0n) is 13.3. The van der Waals surface area contributed by atoms with E-state index in [1.165, 1.54) is 16.7 Å². The van der Waals surface area contributed by atoms with E-state index in [0.717, 1.165) is 16.8 Å². The van der Waals surface area contributed by atoms with E-state index in [2.05, 4.69) is 83.8 Å². The minimum atomic E-state index is 1.02. The number of pyridine rings is 1. The van der Waals surface area contributed by atoms with Crippen LogP contribution in [0, 0.1) is 0 Å². The van der Waals surface area contributed by atoms with Crippen molar-refractivity contribution < 1.29 is 0 Å². The van der Waals surface area contributed by atoms with E-state index in [0.29, 0.717) is 0 Å². The van der Waals surface area contributed by atoms with Gasteiger partial charge < -0.3 is 0 Å². The van der Waals surface area contributed by atoms with Gasteiger partial charge in [0.15, 0.2) is 0 Å². The number of hydrogen-bond acceptors (Lipinski definition) is 1. The minimum absolute atomic E-state index is 1.02. The second kappa shape index (κ2) is 6.51. The number of aromatic nitrogens is 1. The molecule has 0 N–H and O–H groups in total. The number of nitrogens with zero attached hydrogens (tertiary/aromatic N) is 1. The molecule has 4 rings (SSSR count). The van der Waals surface area contributed by atoms with Crippen LogP contribution in [0.25, 0.3) is 33.5 Å². The smallest absolute Gasteiger partial charge is 0.0780 e. The van der Waals surface area contributed by atoms with Crippen LogP contribution in [0.15, 0.2) is 103 Å². The molecule has 0 amide bonds. The first kappa shape index (κ1) is 14.4. The van der Waals surface area contributed by atoms with E-state index in [-0.39, 0.29) is 0 Å². The van der Waals surface area contributed by atoms with Crippen LogP contribution in [0.1, 0.15) is 0 Å². The first-order valence-electron chi connectivity index (χ1n) is 8.08. The molecule has 1 heterocycles. The van der Waals surface area contributed by atoms with Gasteiger partial charge in [0.1, 0.15) is 0 Å². The van der Waals surface area contributed by atoms with E-state index in [1.807, 2.05) is 24.4 Å². The van der Waals surface area contributed by atoms with Crippen molar-refractivity contribution in [1.82, 2.24) is 4.98 Å². The fourth-order valence-electron chi connectivity index (χ4n) is 2.96. The van der Waals surface area contributed by atoms with Gasteiger partial charge in [0, 0.05) is 17.3 Å². The lowest BCUT2D eigenvalue weighted by molar-refractivity contribution is 1.32. The summed E-state index contributed by atoms with van der Waals surface area (Å²) in [6, 6.07) is 33.6. The molecular weight excluding hydrogens is 290 g/mol. The van der Waals surface area contributed by atoms with Crippen molar-refractivity contribution in [3.05, 3.63) is 103 Å². The van der Waals surface area contributed by atoms with Crippen molar-refractivity contribution in [3.63, 3.8) is 0 Å². The largest absolute Gasteiger partial charge is 0.256 e. The molecule has 3 aromatic carbocycles. The highest BCUT2D eigenvalue weighted by molar-refractivity contribution is 5.82. The molecule has 0 aliphatic heterocycles.